The Morgan fingerprint density at radius 3 is 2.71 bits per heavy atom. The monoisotopic (exact) mass is 315 g/mol. The molecule has 2 aromatic carbocycles. The highest BCUT2D eigenvalue weighted by atomic mass is 15.1. The number of fused-ring (bicyclic) bond motifs is 3. The molecule has 0 unspecified atom stereocenters. The molecule has 2 nitrogen and oxygen atoms in total. The minimum absolute atomic E-state index is 0.286. The minimum atomic E-state index is 0.286. The summed E-state index contributed by atoms with van der Waals surface area (Å²) >= 11 is 0. The van der Waals surface area contributed by atoms with Crippen LogP contribution in [0, 0.1) is 12.3 Å². The number of aromatic nitrogens is 2. The lowest BCUT2D eigenvalue weighted by atomic mass is 9.91. The first-order valence-electron chi connectivity index (χ1n) is 8.80. The second-order valence-corrected chi connectivity index (χ2v) is 8.50. The van der Waals surface area contributed by atoms with Gasteiger partial charge in [0.1, 0.15) is 24.0 Å². The van der Waals surface area contributed by atoms with Crippen LogP contribution in [0.25, 0.3) is 27.3 Å². The molecule has 2 heteroatoms. The molecule has 0 N–H and O–H groups in total. The second kappa shape index (κ2) is 4.38. The van der Waals surface area contributed by atoms with Gasteiger partial charge >= 0.3 is 0 Å². The molecule has 2 aromatic heterocycles. The van der Waals surface area contributed by atoms with Crippen LogP contribution in [-0.2, 0) is 13.0 Å². The zero-order valence-electron chi connectivity index (χ0n) is 14.9. The lowest BCUT2D eigenvalue weighted by molar-refractivity contribution is -0.479. The van der Waals surface area contributed by atoms with Gasteiger partial charge in [0.2, 0.25) is 0 Å². The normalized spacial score (nSPS) is 13.8. The van der Waals surface area contributed by atoms with E-state index in [-0.39, 0.29) is 5.41 Å². The van der Waals surface area contributed by atoms with Crippen molar-refractivity contribution in [3.63, 3.8) is 0 Å². The van der Waals surface area contributed by atoms with E-state index in [1.807, 2.05) is 0 Å². The first-order valence-corrected chi connectivity index (χ1v) is 8.80. The van der Waals surface area contributed by atoms with Gasteiger partial charge in [-0.05, 0) is 24.5 Å². The van der Waals surface area contributed by atoms with E-state index in [1.165, 1.54) is 44.1 Å². The maximum atomic E-state index is 2.53. The number of imidazole rings is 1. The van der Waals surface area contributed by atoms with Gasteiger partial charge in [0, 0.05) is 22.8 Å². The molecule has 0 radical (unpaired) electrons. The van der Waals surface area contributed by atoms with Gasteiger partial charge in [-0.1, -0.05) is 50.6 Å². The quantitative estimate of drug-likeness (QED) is 0.311. The molecule has 0 saturated carbocycles. The minimum Gasteiger partial charge on any atom is -0.222 e. The standard InChI is InChI=1S/C22H23N2/c1-14-8-9-19-18(10-14)17-7-5-6-15-12-23-16(11-22(2,3)4)13-24(19)21(23)20(15)17/h5-10,13H,11-12H2,1-4H3/q+1. The summed E-state index contributed by atoms with van der Waals surface area (Å²) < 4.78 is 4.96. The van der Waals surface area contributed by atoms with Crippen molar-refractivity contribution >= 4 is 27.3 Å². The van der Waals surface area contributed by atoms with Gasteiger partial charge < -0.3 is 0 Å². The van der Waals surface area contributed by atoms with Crippen LogP contribution < -0.4 is 4.40 Å². The van der Waals surface area contributed by atoms with Gasteiger partial charge in [-0.15, -0.1) is 0 Å². The fourth-order valence-corrected chi connectivity index (χ4v) is 4.31. The van der Waals surface area contributed by atoms with Crippen molar-refractivity contribution in [3.8, 4) is 0 Å². The van der Waals surface area contributed by atoms with E-state index in [2.05, 4.69) is 79.3 Å². The van der Waals surface area contributed by atoms with Crippen molar-refractivity contribution in [3.05, 3.63) is 59.4 Å². The van der Waals surface area contributed by atoms with Crippen LogP contribution in [0.4, 0.5) is 0 Å². The summed E-state index contributed by atoms with van der Waals surface area (Å²) in [5, 5.41) is 4.20. The Balaban J connectivity index is 1.99. The predicted molar refractivity (Wildman–Crippen MR) is 99.6 cm³/mol. The summed E-state index contributed by atoms with van der Waals surface area (Å²) in [5.41, 5.74) is 7.19. The fourth-order valence-electron chi connectivity index (χ4n) is 4.31. The van der Waals surface area contributed by atoms with Gasteiger partial charge in [0.15, 0.2) is 0 Å². The number of rotatable bonds is 1. The average molecular weight is 315 g/mol. The number of hydrogen-bond acceptors (Lipinski definition) is 0. The molecule has 0 aliphatic carbocycles. The Labute approximate surface area is 142 Å². The van der Waals surface area contributed by atoms with Crippen molar-refractivity contribution in [1.29, 1.82) is 0 Å². The Hall–Kier alpha value is -2.35. The third kappa shape index (κ3) is 1.80. The zero-order valence-corrected chi connectivity index (χ0v) is 14.9. The van der Waals surface area contributed by atoms with E-state index in [0.717, 1.165) is 13.0 Å². The average Bonchev–Trinajstić information content (AvgIpc) is 3.04. The molecule has 1 aliphatic rings. The van der Waals surface area contributed by atoms with Crippen LogP contribution in [0.5, 0.6) is 0 Å². The molecule has 1 aliphatic heterocycles. The van der Waals surface area contributed by atoms with Gasteiger partial charge in [-0.3, -0.25) is 0 Å². The maximum Gasteiger partial charge on any atom is 0.295 e. The van der Waals surface area contributed by atoms with Crippen LogP contribution in [-0.4, -0.2) is 4.57 Å². The molecular weight excluding hydrogens is 292 g/mol. The van der Waals surface area contributed by atoms with E-state index in [4.69, 9.17) is 0 Å². The molecule has 0 fully saturated rings. The first-order chi connectivity index (χ1) is 11.4. The molecule has 120 valence electrons. The van der Waals surface area contributed by atoms with Crippen molar-refractivity contribution in [2.75, 3.05) is 0 Å². The zero-order chi connectivity index (χ0) is 16.6. The van der Waals surface area contributed by atoms with Crippen LogP contribution in [0.15, 0.2) is 42.6 Å². The van der Waals surface area contributed by atoms with Crippen molar-refractivity contribution < 1.29 is 4.40 Å². The summed E-state index contributed by atoms with van der Waals surface area (Å²) in [6.45, 7) is 10.1. The summed E-state index contributed by atoms with van der Waals surface area (Å²) in [7, 11) is 0. The number of hydrogen-bond donors (Lipinski definition) is 0. The van der Waals surface area contributed by atoms with E-state index in [0.29, 0.717) is 0 Å². The lowest BCUT2D eigenvalue weighted by Gasteiger charge is -2.15. The highest BCUT2D eigenvalue weighted by Gasteiger charge is 2.31. The Kier molecular flexibility index (Phi) is 2.56. The molecule has 4 aromatic rings. The number of aryl methyl sites for hydroxylation is 1. The SMILES string of the molecule is Cc1ccc2c(c1)c1cccc3c1c1n(c(CC(C)(C)C)c[n+]21)C3. The third-order valence-corrected chi connectivity index (χ3v) is 5.22. The molecule has 5 rings (SSSR count). The van der Waals surface area contributed by atoms with Crippen LogP contribution in [0.3, 0.4) is 0 Å². The summed E-state index contributed by atoms with van der Waals surface area (Å²) in [4.78, 5) is 0. The van der Waals surface area contributed by atoms with E-state index >= 15 is 0 Å². The van der Waals surface area contributed by atoms with Gasteiger partial charge in [0.25, 0.3) is 5.65 Å². The molecular formula is C22H23N2+. The Bertz CT molecular complexity index is 1140. The van der Waals surface area contributed by atoms with Crippen molar-refractivity contribution in [2.45, 2.75) is 40.7 Å². The van der Waals surface area contributed by atoms with E-state index < -0.39 is 0 Å². The van der Waals surface area contributed by atoms with E-state index in [9.17, 15) is 0 Å². The Morgan fingerprint density at radius 1 is 1.08 bits per heavy atom. The van der Waals surface area contributed by atoms with Gasteiger partial charge in [-0.25, -0.2) is 4.57 Å². The summed E-state index contributed by atoms with van der Waals surface area (Å²) in [6.07, 6.45) is 3.46. The number of pyridine rings is 1. The maximum absolute atomic E-state index is 2.53. The van der Waals surface area contributed by atoms with Gasteiger partial charge in [-0.2, -0.15) is 4.40 Å². The van der Waals surface area contributed by atoms with Crippen LogP contribution in [0.2, 0.25) is 0 Å². The highest BCUT2D eigenvalue weighted by molar-refractivity contribution is 6.11. The molecule has 0 bridgehead atoms. The smallest absolute Gasteiger partial charge is 0.222 e. The second-order valence-electron chi connectivity index (χ2n) is 8.50. The number of benzene rings is 2. The first kappa shape index (κ1) is 14.0. The molecule has 0 saturated heterocycles. The van der Waals surface area contributed by atoms with Crippen molar-refractivity contribution in [1.82, 2.24) is 4.57 Å². The van der Waals surface area contributed by atoms with Crippen molar-refractivity contribution in [2.24, 2.45) is 5.41 Å². The van der Waals surface area contributed by atoms with Crippen LogP contribution >= 0.6 is 0 Å². The third-order valence-electron chi connectivity index (χ3n) is 5.22. The largest absolute Gasteiger partial charge is 0.295 e. The van der Waals surface area contributed by atoms with Gasteiger partial charge in [0.05, 0.1) is 5.39 Å². The van der Waals surface area contributed by atoms with E-state index in [1.54, 1.807) is 0 Å². The topological polar surface area (TPSA) is 9.03 Å². The summed E-state index contributed by atoms with van der Waals surface area (Å²) in [6, 6.07) is 13.6. The fraction of sp³-hybridized carbons (Fsp3) is 0.318. The molecule has 0 spiro atoms. The molecule has 0 amide bonds. The highest BCUT2D eigenvalue weighted by Crippen LogP contribution is 2.36. The molecule has 24 heavy (non-hydrogen) atoms. The van der Waals surface area contributed by atoms with Crippen LogP contribution in [0.1, 0.15) is 37.6 Å². The Morgan fingerprint density at radius 2 is 1.92 bits per heavy atom. The summed E-state index contributed by atoms with van der Waals surface area (Å²) in [5.74, 6) is 0. The predicted octanol–water partition coefficient (Wildman–Crippen LogP) is 4.79. The number of nitrogens with zero attached hydrogens (tertiary/aromatic N) is 2. The molecule has 0 atom stereocenters. The molecule has 3 heterocycles. The lowest BCUT2D eigenvalue weighted by Crippen LogP contribution is -2.20.